The number of carbonyl (C=O) groups excluding carboxylic acids is 2. The highest BCUT2D eigenvalue weighted by atomic mass is 35.5. The van der Waals surface area contributed by atoms with Crippen LogP contribution in [0.15, 0.2) is 42.5 Å². The van der Waals surface area contributed by atoms with Gasteiger partial charge in [0.2, 0.25) is 0 Å². The summed E-state index contributed by atoms with van der Waals surface area (Å²) in [5, 5.41) is 2.75. The maximum Gasteiger partial charge on any atom is 0.343 e. The van der Waals surface area contributed by atoms with E-state index in [-0.39, 0.29) is 17.2 Å². The van der Waals surface area contributed by atoms with Gasteiger partial charge < -0.3 is 14.8 Å². The van der Waals surface area contributed by atoms with Crippen molar-refractivity contribution >= 4 is 29.2 Å². The van der Waals surface area contributed by atoms with Gasteiger partial charge in [-0.1, -0.05) is 17.7 Å². The van der Waals surface area contributed by atoms with Crippen molar-refractivity contribution in [1.82, 2.24) is 0 Å². The molecule has 0 radical (unpaired) electrons. The van der Waals surface area contributed by atoms with Crippen LogP contribution in [-0.4, -0.2) is 25.6 Å². The van der Waals surface area contributed by atoms with Gasteiger partial charge in [-0.15, -0.1) is 0 Å². The average molecular weight is 338 g/mol. The second-order valence-electron chi connectivity index (χ2n) is 4.47. The molecule has 23 heavy (non-hydrogen) atoms. The fraction of sp³-hybridized carbons (Fsp3) is 0.125. The molecule has 7 heteroatoms. The quantitative estimate of drug-likeness (QED) is 0.850. The third-order valence-corrected chi connectivity index (χ3v) is 3.09. The predicted octanol–water partition coefficient (Wildman–Crippen LogP) is 3.28. The van der Waals surface area contributed by atoms with Crippen LogP contribution < -0.4 is 10.1 Å². The summed E-state index contributed by atoms with van der Waals surface area (Å²) in [5.41, 5.74) is 0.266. The van der Waals surface area contributed by atoms with Crippen LogP contribution in [-0.2, 0) is 9.53 Å². The zero-order chi connectivity index (χ0) is 16.8. The number of rotatable bonds is 5. The van der Waals surface area contributed by atoms with Crippen molar-refractivity contribution in [3.63, 3.8) is 0 Å². The van der Waals surface area contributed by atoms with Crippen LogP contribution in [0.25, 0.3) is 0 Å². The lowest BCUT2D eigenvalue weighted by Crippen LogP contribution is -2.14. The molecule has 0 fully saturated rings. The summed E-state index contributed by atoms with van der Waals surface area (Å²) in [6.45, 7) is -0.250. The first-order valence-corrected chi connectivity index (χ1v) is 6.93. The summed E-state index contributed by atoms with van der Waals surface area (Å²) in [6, 6.07) is 10.1. The van der Waals surface area contributed by atoms with Crippen molar-refractivity contribution in [2.24, 2.45) is 0 Å². The van der Waals surface area contributed by atoms with Crippen molar-refractivity contribution in [3.05, 3.63) is 58.9 Å². The third kappa shape index (κ3) is 4.69. The van der Waals surface area contributed by atoms with Crippen molar-refractivity contribution in [1.29, 1.82) is 0 Å². The molecule has 1 amide bonds. The van der Waals surface area contributed by atoms with E-state index in [0.717, 1.165) is 6.07 Å². The van der Waals surface area contributed by atoms with E-state index in [0.29, 0.717) is 11.4 Å². The number of hydrogen-bond donors (Lipinski definition) is 1. The van der Waals surface area contributed by atoms with Crippen LogP contribution in [0.5, 0.6) is 5.75 Å². The molecule has 2 rings (SSSR count). The fourth-order valence-corrected chi connectivity index (χ4v) is 1.90. The zero-order valence-corrected chi connectivity index (χ0v) is 12.9. The van der Waals surface area contributed by atoms with Gasteiger partial charge in [0.25, 0.3) is 5.91 Å². The van der Waals surface area contributed by atoms with Crippen molar-refractivity contribution in [2.75, 3.05) is 19.0 Å². The molecule has 0 aliphatic rings. The average Bonchev–Trinajstić information content (AvgIpc) is 2.52. The van der Waals surface area contributed by atoms with Gasteiger partial charge in [-0.2, -0.15) is 0 Å². The summed E-state index contributed by atoms with van der Waals surface area (Å²) in [4.78, 5) is 23.1. The number of hydrogen-bond acceptors (Lipinski definition) is 4. The highest BCUT2D eigenvalue weighted by Gasteiger charge is 2.12. The molecular weight excluding hydrogens is 325 g/mol. The van der Waals surface area contributed by atoms with Gasteiger partial charge in [0.15, 0.2) is 6.61 Å². The van der Waals surface area contributed by atoms with E-state index in [1.54, 1.807) is 18.2 Å². The van der Waals surface area contributed by atoms with E-state index < -0.39 is 17.7 Å². The zero-order valence-electron chi connectivity index (χ0n) is 12.1. The molecule has 0 spiro atoms. The minimum absolute atomic E-state index is 0.129. The van der Waals surface area contributed by atoms with Crippen LogP contribution in [0, 0.1) is 5.82 Å². The Morgan fingerprint density at radius 2 is 2.00 bits per heavy atom. The van der Waals surface area contributed by atoms with E-state index in [4.69, 9.17) is 16.3 Å². The van der Waals surface area contributed by atoms with Crippen molar-refractivity contribution < 1.29 is 23.5 Å². The normalized spacial score (nSPS) is 10.0. The number of amides is 1. The van der Waals surface area contributed by atoms with Gasteiger partial charge in [-0.3, -0.25) is 4.79 Å². The van der Waals surface area contributed by atoms with Crippen LogP contribution >= 0.6 is 11.6 Å². The van der Waals surface area contributed by atoms with Crippen molar-refractivity contribution in [3.8, 4) is 5.75 Å². The van der Waals surface area contributed by atoms with Gasteiger partial charge in [0.1, 0.15) is 11.6 Å². The van der Waals surface area contributed by atoms with E-state index >= 15 is 0 Å². The molecule has 2 aromatic rings. The van der Waals surface area contributed by atoms with Crippen LogP contribution in [0.4, 0.5) is 10.1 Å². The highest BCUT2D eigenvalue weighted by Crippen LogP contribution is 2.20. The van der Waals surface area contributed by atoms with Crippen LogP contribution in [0.1, 0.15) is 10.4 Å². The van der Waals surface area contributed by atoms with Gasteiger partial charge in [0, 0.05) is 16.8 Å². The Labute approximate surface area is 137 Å². The predicted molar refractivity (Wildman–Crippen MR) is 83.3 cm³/mol. The highest BCUT2D eigenvalue weighted by molar-refractivity contribution is 6.30. The molecule has 0 unspecified atom stereocenters. The standard InChI is InChI=1S/C16H13ClFNO4/c1-22-15(20)9-23-12-4-2-3-11(8-12)19-16(21)13-6-5-10(17)7-14(13)18/h2-8H,9H2,1H3,(H,19,21). The Kier molecular flexibility index (Phi) is 5.54. The topological polar surface area (TPSA) is 64.6 Å². The SMILES string of the molecule is COC(=O)COc1cccc(NC(=O)c2ccc(Cl)cc2F)c1. The summed E-state index contributed by atoms with van der Waals surface area (Å²) >= 11 is 5.65. The van der Waals surface area contributed by atoms with Crippen LogP contribution in [0.3, 0.4) is 0 Å². The molecule has 0 aliphatic heterocycles. The number of ether oxygens (including phenoxy) is 2. The van der Waals surface area contributed by atoms with Gasteiger partial charge in [0.05, 0.1) is 12.7 Å². The molecule has 1 N–H and O–H groups in total. The third-order valence-electron chi connectivity index (χ3n) is 2.85. The summed E-state index contributed by atoms with van der Waals surface area (Å²) in [5.74, 6) is -1.50. The molecule has 0 saturated carbocycles. The maximum atomic E-state index is 13.7. The molecule has 0 atom stereocenters. The Balaban J connectivity index is 2.07. The Hall–Kier alpha value is -2.60. The van der Waals surface area contributed by atoms with Crippen molar-refractivity contribution in [2.45, 2.75) is 0 Å². The maximum absolute atomic E-state index is 13.7. The lowest BCUT2D eigenvalue weighted by atomic mass is 10.2. The Bertz CT molecular complexity index is 736. The number of halogens is 2. The summed E-state index contributed by atoms with van der Waals surface area (Å²) in [6.07, 6.45) is 0. The molecular formula is C16H13ClFNO4. The fourth-order valence-electron chi connectivity index (χ4n) is 1.74. The minimum atomic E-state index is -0.715. The smallest absolute Gasteiger partial charge is 0.343 e. The van der Waals surface area contributed by atoms with Crippen LogP contribution in [0.2, 0.25) is 5.02 Å². The van der Waals surface area contributed by atoms with E-state index in [1.165, 1.54) is 25.3 Å². The Morgan fingerprint density at radius 3 is 2.70 bits per heavy atom. The molecule has 5 nitrogen and oxygen atoms in total. The molecule has 0 bridgehead atoms. The second kappa shape index (κ2) is 7.60. The molecule has 0 aliphatic carbocycles. The summed E-state index contributed by atoms with van der Waals surface area (Å²) in [7, 11) is 1.25. The number of carbonyl (C=O) groups is 2. The first kappa shape index (κ1) is 16.8. The van der Waals surface area contributed by atoms with Gasteiger partial charge in [-0.05, 0) is 30.3 Å². The first-order chi connectivity index (χ1) is 11.0. The van der Waals surface area contributed by atoms with Gasteiger partial charge in [-0.25, -0.2) is 9.18 Å². The number of benzene rings is 2. The molecule has 0 heterocycles. The lowest BCUT2D eigenvalue weighted by molar-refractivity contribution is -0.142. The van der Waals surface area contributed by atoms with E-state index in [9.17, 15) is 14.0 Å². The Morgan fingerprint density at radius 1 is 1.22 bits per heavy atom. The first-order valence-electron chi connectivity index (χ1n) is 6.55. The second-order valence-corrected chi connectivity index (χ2v) is 4.91. The molecule has 0 saturated heterocycles. The minimum Gasteiger partial charge on any atom is -0.482 e. The number of nitrogens with one attached hydrogen (secondary N) is 1. The molecule has 0 aromatic heterocycles. The van der Waals surface area contributed by atoms with Gasteiger partial charge >= 0.3 is 5.97 Å². The lowest BCUT2D eigenvalue weighted by Gasteiger charge is -2.09. The number of methoxy groups -OCH3 is 1. The number of esters is 1. The van der Waals surface area contributed by atoms with E-state index in [1.807, 2.05) is 0 Å². The summed E-state index contributed by atoms with van der Waals surface area (Å²) < 4.78 is 23.4. The largest absolute Gasteiger partial charge is 0.482 e. The van der Waals surface area contributed by atoms with E-state index in [2.05, 4.69) is 10.1 Å². The molecule has 120 valence electrons. The monoisotopic (exact) mass is 337 g/mol. The molecule has 2 aromatic carbocycles. The number of anilines is 1.